The lowest BCUT2D eigenvalue weighted by molar-refractivity contribution is -0.138. The highest BCUT2D eigenvalue weighted by molar-refractivity contribution is 8.29. The second kappa shape index (κ2) is 9.84. The molecule has 0 saturated carbocycles. The van der Waals surface area contributed by atoms with Crippen LogP contribution in [0, 0.1) is 12.7 Å². The Kier molecular flexibility index (Phi) is 7.14. The number of ether oxygens (including phenoxy) is 2. The summed E-state index contributed by atoms with van der Waals surface area (Å²) in [6.07, 6.45) is 0. The first-order valence-corrected chi connectivity index (χ1v) is 12.8. The Bertz CT molecular complexity index is 1370. The molecule has 0 radical (unpaired) electrons. The molecule has 0 aromatic heterocycles. The molecule has 0 saturated heterocycles. The second-order valence-corrected chi connectivity index (χ2v) is 11.3. The average Bonchev–Trinajstić information content (AvgIpc) is 3.28. The number of methoxy groups -OCH3 is 2. The fourth-order valence-electron chi connectivity index (χ4n) is 4.04. The number of nitrogens with zero attached hydrogens (tertiary/aromatic N) is 1. The summed E-state index contributed by atoms with van der Waals surface area (Å²) >= 11 is 8.12. The predicted molar refractivity (Wildman–Crippen MR) is 144 cm³/mol. The van der Waals surface area contributed by atoms with Crippen LogP contribution in [0.4, 0.5) is 10.1 Å². The molecule has 6 nitrogen and oxygen atoms in total. The van der Waals surface area contributed by atoms with Crippen LogP contribution in [0.5, 0.6) is 0 Å². The summed E-state index contributed by atoms with van der Waals surface area (Å²) in [5.41, 5.74) is 2.01. The van der Waals surface area contributed by atoms with E-state index >= 15 is 0 Å². The molecule has 2 aliphatic rings. The molecule has 36 heavy (non-hydrogen) atoms. The van der Waals surface area contributed by atoms with Crippen LogP contribution < -0.4 is 4.90 Å². The van der Waals surface area contributed by atoms with Gasteiger partial charge < -0.3 is 9.47 Å². The van der Waals surface area contributed by atoms with Crippen LogP contribution in [0.25, 0.3) is 5.57 Å². The Balaban J connectivity index is 1.92. The van der Waals surface area contributed by atoms with E-state index in [-0.39, 0.29) is 15.4 Å². The Morgan fingerprint density at radius 3 is 2.14 bits per heavy atom. The average molecular weight is 544 g/mol. The van der Waals surface area contributed by atoms with E-state index in [0.717, 1.165) is 29.1 Å². The lowest BCUT2D eigenvalue weighted by Crippen LogP contribution is -2.56. The van der Waals surface area contributed by atoms with Crippen LogP contribution in [0.15, 0.2) is 56.5 Å². The van der Waals surface area contributed by atoms with Crippen molar-refractivity contribution in [2.45, 2.75) is 26.3 Å². The maximum atomic E-state index is 14.0. The number of benzene rings is 2. The summed E-state index contributed by atoms with van der Waals surface area (Å²) in [6, 6.07) is 11.2. The van der Waals surface area contributed by atoms with E-state index in [1.165, 1.54) is 32.4 Å². The summed E-state index contributed by atoms with van der Waals surface area (Å²) in [4.78, 5) is 40.8. The normalized spacial score (nSPS) is 16.7. The van der Waals surface area contributed by atoms with Crippen molar-refractivity contribution in [2.24, 2.45) is 0 Å². The lowest BCUT2D eigenvalue weighted by atomic mass is 9.82. The number of carbonyl (C=O) groups is 3. The van der Waals surface area contributed by atoms with Gasteiger partial charge in [0, 0.05) is 16.7 Å². The molecule has 2 aliphatic heterocycles. The molecule has 2 heterocycles. The van der Waals surface area contributed by atoms with Gasteiger partial charge in [0.25, 0.3) is 5.91 Å². The molecule has 0 fully saturated rings. The molecule has 2 aromatic carbocycles. The zero-order valence-corrected chi connectivity index (χ0v) is 22.6. The van der Waals surface area contributed by atoms with E-state index in [9.17, 15) is 18.8 Å². The minimum atomic E-state index is -0.998. The summed E-state index contributed by atoms with van der Waals surface area (Å²) in [5.74, 6) is -2.22. The van der Waals surface area contributed by atoms with Crippen molar-refractivity contribution in [1.29, 1.82) is 0 Å². The van der Waals surface area contributed by atoms with Gasteiger partial charge in [-0.2, -0.15) is 0 Å². The van der Waals surface area contributed by atoms with E-state index in [2.05, 4.69) is 0 Å². The number of halogens is 1. The molecular weight excluding hydrogens is 521 g/mol. The van der Waals surface area contributed by atoms with Crippen molar-refractivity contribution in [1.82, 2.24) is 0 Å². The van der Waals surface area contributed by atoms with Gasteiger partial charge in [-0.3, -0.25) is 9.69 Å². The molecule has 0 N–H and O–H groups in total. The smallest absolute Gasteiger partial charge is 0.346 e. The number of rotatable bonds is 3. The van der Waals surface area contributed by atoms with Gasteiger partial charge in [-0.05, 0) is 50.6 Å². The third-order valence-corrected chi connectivity index (χ3v) is 9.08. The fourth-order valence-corrected chi connectivity index (χ4v) is 7.07. The van der Waals surface area contributed by atoms with Crippen LogP contribution in [0.1, 0.15) is 35.3 Å². The molecule has 1 amide bonds. The van der Waals surface area contributed by atoms with Crippen LogP contribution >= 0.6 is 35.7 Å². The number of amides is 1. The topological polar surface area (TPSA) is 72.9 Å². The molecule has 0 atom stereocenters. The van der Waals surface area contributed by atoms with Crippen LogP contribution in [-0.2, 0) is 19.1 Å². The molecule has 4 rings (SSSR count). The summed E-state index contributed by atoms with van der Waals surface area (Å²) < 4.78 is 24.3. The Morgan fingerprint density at radius 1 is 0.972 bits per heavy atom. The molecular formula is C26H22FNO5S3. The van der Waals surface area contributed by atoms with E-state index in [1.807, 2.05) is 39.0 Å². The highest BCUT2D eigenvalue weighted by Gasteiger charge is 2.46. The predicted octanol–water partition coefficient (Wildman–Crippen LogP) is 5.65. The van der Waals surface area contributed by atoms with Crippen molar-refractivity contribution in [3.63, 3.8) is 0 Å². The van der Waals surface area contributed by atoms with Gasteiger partial charge >= 0.3 is 11.9 Å². The number of fused-ring (bicyclic) bond motifs is 1. The molecule has 0 spiro atoms. The highest BCUT2D eigenvalue weighted by atomic mass is 32.2. The summed E-state index contributed by atoms with van der Waals surface area (Å²) in [7, 11) is 2.48. The number of thiocarbonyl (C=S) groups is 1. The third kappa shape index (κ3) is 4.38. The molecule has 2 aromatic rings. The number of anilines is 1. The lowest BCUT2D eigenvalue weighted by Gasteiger charge is -2.45. The first kappa shape index (κ1) is 26.1. The zero-order chi connectivity index (χ0) is 26.4. The number of aryl methyl sites for hydroxylation is 1. The van der Waals surface area contributed by atoms with Crippen molar-refractivity contribution in [3.8, 4) is 0 Å². The van der Waals surface area contributed by atoms with Crippen LogP contribution in [-0.4, -0.2) is 42.5 Å². The Morgan fingerprint density at radius 2 is 1.58 bits per heavy atom. The third-order valence-electron chi connectivity index (χ3n) is 5.82. The fraction of sp³-hybridized carbons (Fsp3) is 0.231. The largest absolute Gasteiger partial charge is 0.465 e. The summed E-state index contributed by atoms with van der Waals surface area (Å²) in [6.45, 7) is 5.54. The van der Waals surface area contributed by atoms with Gasteiger partial charge in [0.05, 0.1) is 34.5 Å². The van der Waals surface area contributed by atoms with Crippen molar-refractivity contribution < 1.29 is 28.2 Å². The van der Waals surface area contributed by atoms with Gasteiger partial charge in [-0.25, -0.2) is 14.0 Å². The van der Waals surface area contributed by atoms with E-state index in [1.54, 1.807) is 11.0 Å². The maximum Gasteiger partial charge on any atom is 0.346 e. The van der Waals surface area contributed by atoms with Gasteiger partial charge in [0.15, 0.2) is 0 Å². The molecule has 0 bridgehead atoms. The molecule has 10 heteroatoms. The molecule has 186 valence electrons. The molecule has 0 aliphatic carbocycles. The van der Waals surface area contributed by atoms with Crippen molar-refractivity contribution >= 4 is 69.7 Å². The maximum absolute atomic E-state index is 14.0. The van der Waals surface area contributed by atoms with Gasteiger partial charge in [0.2, 0.25) is 0 Å². The standard InChI is InChI=1S/C26H22FNO5S3/c1-13-9-10-16-17(11-13)28(22(29)14-7-6-8-15(27)12-14)26(2,3)21(34)18(16)25-35-19(23(30)32-4)20(36-25)24(31)33-5/h6-12H,1-5H3. The highest BCUT2D eigenvalue weighted by Crippen LogP contribution is 2.56. The number of hydrogen-bond donors (Lipinski definition) is 0. The summed E-state index contributed by atoms with van der Waals surface area (Å²) in [5, 5.41) is 0. The van der Waals surface area contributed by atoms with Crippen LogP contribution in [0.3, 0.4) is 0 Å². The monoisotopic (exact) mass is 543 g/mol. The van der Waals surface area contributed by atoms with Crippen molar-refractivity contribution in [2.75, 3.05) is 19.1 Å². The zero-order valence-electron chi connectivity index (χ0n) is 20.1. The van der Waals surface area contributed by atoms with Gasteiger partial charge in [-0.15, -0.1) is 0 Å². The SMILES string of the molecule is COC(=O)C1=C(C(=O)OC)SC(=C2C(=S)C(C)(C)N(C(=O)c3cccc(F)c3)c3cc(C)ccc32)S1. The second-order valence-electron chi connectivity index (χ2n) is 8.57. The molecule has 0 unspecified atom stereocenters. The first-order valence-electron chi connectivity index (χ1n) is 10.8. The van der Waals surface area contributed by atoms with Gasteiger partial charge in [-0.1, -0.05) is 53.9 Å². The van der Waals surface area contributed by atoms with E-state index in [4.69, 9.17) is 21.7 Å². The number of esters is 2. The minimum Gasteiger partial charge on any atom is -0.465 e. The number of thioether (sulfide) groups is 2. The number of carbonyl (C=O) groups excluding carboxylic acids is 3. The Labute approximate surface area is 221 Å². The quantitative estimate of drug-likeness (QED) is 0.279. The number of hydrogen-bond acceptors (Lipinski definition) is 8. The van der Waals surface area contributed by atoms with Crippen LogP contribution in [0.2, 0.25) is 0 Å². The van der Waals surface area contributed by atoms with E-state index < -0.39 is 29.2 Å². The minimum absolute atomic E-state index is 0.115. The van der Waals surface area contributed by atoms with Crippen molar-refractivity contribution in [3.05, 3.63) is 79.0 Å². The Hall–Kier alpha value is -2.95. The van der Waals surface area contributed by atoms with E-state index in [0.29, 0.717) is 25.9 Å². The first-order chi connectivity index (χ1) is 17.0. The van der Waals surface area contributed by atoms with Gasteiger partial charge in [0.1, 0.15) is 15.6 Å².